The number of hydrogen-bond donors (Lipinski definition) is 0. The van der Waals surface area contributed by atoms with Gasteiger partial charge in [-0.25, -0.2) is 0 Å². The quantitative estimate of drug-likeness (QED) is 0.419. The number of methoxy groups -OCH3 is 1. The Morgan fingerprint density at radius 3 is 2.18 bits per heavy atom. The number of benzene rings is 2. The Bertz CT molecular complexity index is 1050. The van der Waals surface area contributed by atoms with E-state index in [9.17, 15) is 0 Å². The van der Waals surface area contributed by atoms with Crippen LogP contribution in [0.2, 0.25) is 0 Å². The smallest absolute Gasteiger partial charge is 0.497 e. The van der Waals surface area contributed by atoms with Crippen LogP contribution in [0.1, 0.15) is 35.2 Å². The van der Waals surface area contributed by atoms with Crippen LogP contribution in [0.25, 0.3) is 11.3 Å². The molecule has 170 valence electrons. The maximum Gasteiger partial charge on any atom is 2.00 e. The van der Waals surface area contributed by atoms with Crippen molar-refractivity contribution in [3.8, 4) is 17.0 Å². The van der Waals surface area contributed by atoms with Crippen molar-refractivity contribution in [2.24, 2.45) is 0 Å². The van der Waals surface area contributed by atoms with E-state index in [4.69, 9.17) is 9.84 Å². The zero-order valence-corrected chi connectivity index (χ0v) is 20.6. The van der Waals surface area contributed by atoms with E-state index in [1.54, 1.807) is 7.11 Å². The van der Waals surface area contributed by atoms with Gasteiger partial charge in [0, 0.05) is 17.0 Å². The third kappa shape index (κ3) is 5.29. The van der Waals surface area contributed by atoms with Gasteiger partial charge in [0.1, 0.15) is 5.75 Å². The average molecular weight is 488 g/mol. The molecular weight excluding hydrogens is 460 g/mol. The summed E-state index contributed by atoms with van der Waals surface area (Å²) in [4.78, 5) is 0. The Kier molecular flexibility index (Phi) is 8.55. The number of fused-ring (bicyclic) bond motifs is 3. The van der Waals surface area contributed by atoms with E-state index in [2.05, 4.69) is 73.7 Å². The van der Waals surface area contributed by atoms with Crippen LogP contribution in [0.4, 0.5) is 0 Å². The van der Waals surface area contributed by atoms with E-state index >= 15 is 0 Å². The second kappa shape index (κ2) is 11.6. The average Bonchev–Trinajstić information content (AvgIpc) is 3.63. The summed E-state index contributed by atoms with van der Waals surface area (Å²) in [5.74, 6) is 2.62. The summed E-state index contributed by atoms with van der Waals surface area (Å²) >= 11 is 0. The van der Waals surface area contributed by atoms with E-state index in [0.717, 1.165) is 24.4 Å². The Morgan fingerprint density at radius 2 is 1.53 bits per heavy atom. The maximum absolute atomic E-state index is 5.30. The zero-order valence-electron chi connectivity index (χ0n) is 19.5. The molecule has 6 rings (SSSR count). The minimum atomic E-state index is 0. The Morgan fingerprint density at radius 1 is 0.882 bits per heavy atom. The molecule has 1 aromatic heterocycles. The molecule has 0 spiro atoms. The fraction of sp³-hybridized carbons (Fsp3) is 0.167. The van der Waals surface area contributed by atoms with Crippen molar-refractivity contribution in [3.05, 3.63) is 135 Å². The van der Waals surface area contributed by atoms with Crippen LogP contribution < -0.4 is 4.74 Å². The maximum atomic E-state index is 5.30. The molecule has 34 heavy (non-hydrogen) atoms. The molecule has 3 aromatic rings. The molecule has 3 nitrogen and oxygen atoms in total. The van der Waals surface area contributed by atoms with Crippen LogP contribution in [-0.2, 0) is 30.0 Å². The molecule has 3 aliphatic carbocycles. The molecule has 0 N–H and O–H groups in total. The van der Waals surface area contributed by atoms with E-state index in [0.29, 0.717) is 5.92 Å². The minimum Gasteiger partial charge on any atom is -0.497 e. The number of nitrogens with zero attached hydrogens (tertiary/aromatic N) is 2. The van der Waals surface area contributed by atoms with Crippen molar-refractivity contribution in [1.82, 2.24) is 9.78 Å². The van der Waals surface area contributed by atoms with E-state index in [1.165, 1.54) is 33.9 Å². The second-order valence-corrected chi connectivity index (χ2v) is 8.51. The third-order valence-electron chi connectivity index (χ3n) is 6.29. The monoisotopic (exact) mass is 488 g/mol. The molecule has 1 unspecified atom stereocenters. The summed E-state index contributed by atoms with van der Waals surface area (Å²) in [5, 5.41) is 5.11. The summed E-state index contributed by atoms with van der Waals surface area (Å²) < 4.78 is 7.47. The summed E-state index contributed by atoms with van der Waals surface area (Å²) in [6.07, 6.45) is 19.6. The summed E-state index contributed by atoms with van der Waals surface area (Å²) in [6.45, 7) is 3.06. The van der Waals surface area contributed by atoms with Gasteiger partial charge in [-0.2, -0.15) is 5.10 Å². The minimum absolute atomic E-state index is 0. The number of hydrogen-bond acceptors (Lipinski definition) is 2. The fourth-order valence-corrected chi connectivity index (χ4v) is 4.66. The molecule has 2 aromatic carbocycles. The molecular formula is C30H28FeN2O+2. The molecule has 1 heterocycles. The van der Waals surface area contributed by atoms with E-state index in [-0.39, 0.29) is 17.1 Å². The fourth-order valence-electron chi connectivity index (χ4n) is 4.66. The number of rotatable bonds is 4. The number of ether oxygens (including phenoxy) is 1. The molecule has 0 aliphatic heterocycles. The van der Waals surface area contributed by atoms with Gasteiger partial charge in [0.25, 0.3) is 0 Å². The third-order valence-corrected chi connectivity index (χ3v) is 6.29. The van der Waals surface area contributed by atoms with Crippen molar-refractivity contribution in [1.29, 1.82) is 0 Å². The standard InChI is InChI=1S/C25H23N2O.C5H5.Fe/c1-17-15-23-24(22-10-6-5-9-21(17)22)26-27(25(23)19-7-3-4-8-19)16-18-11-13-20(28-2)14-12-18;1-2-4-5-3-1;/h3-14,17H,15-16H2,1-2H3;1-5H;/q;;+2. The summed E-state index contributed by atoms with van der Waals surface area (Å²) in [6, 6.07) is 17.0. The van der Waals surface area contributed by atoms with Crippen LogP contribution >= 0.6 is 0 Å². The molecule has 10 radical (unpaired) electrons. The Labute approximate surface area is 215 Å². The largest absolute Gasteiger partial charge is 2.00 e. The van der Waals surface area contributed by atoms with E-state index in [1.807, 2.05) is 44.2 Å². The van der Waals surface area contributed by atoms with Crippen molar-refractivity contribution in [2.75, 3.05) is 7.11 Å². The second-order valence-electron chi connectivity index (χ2n) is 8.51. The topological polar surface area (TPSA) is 27.1 Å². The first-order valence-corrected chi connectivity index (χ1v) is 11.4. The first-order valence-electron chi connectivity index (χ1n) is 11.4. The molecule has 0 bridgehead atoms. The predicted octanol–water partition coefficient (Wildman–Crippen LogP) is 6.04. The van der Waals surface area contributed by atoms with Crippen molar-refractivity contribution in [2.45, 2.75) is 25.8 Å². The van der Waals surface area contributed by atoms with Crippen LogP contribution in [0.5, 0.6) is 5.75 Å². The first kappa shape index (κ1) is 25.1. The van der Waals surface area contributed by atoms with Crippen LogP contribution in [0, 0.1) is 63.7 Å². The van der Waals surface area contributed by atoms with Crippen molar-refractivity contribution < 1.29 is 21.8 Å². The van der Waals surface area contributed by atoms with Gasteiger partial charge in [0.15, 0.2) is 0 Å². The van der Waals surface area contributed by atoms with Gasteiger partial charge < -0.3 is 4.74 Å². The Hall–Kier alpha value is -2.03. The van der Waals surface area contributed by atoms with Gasteiger partial charge in [-0.05, 0) is 93.4 Å². The Balaban J connectivity index is 0.000000407. The predicted molar refractivity (Wildman–Crippen MR) is 133 cm³/mol. The van der Waals surface area contributed by atoms with Gasteiger partial charge >= 0.3 is 17.1 Å². The molecule has 0 saturated heterocycles. The first-order chi connectivity index (χ1) is 16.2. The van der Waals surface area contributed by atoms with E-state index < -0.39 is 0 Å². The van der Waals surface area contributed by atoms with Crippen molar-refractivity contribution in [3.63, 3.8) is 0 Å². The summed E-state index contributed by atoms with van der Waals surface area (Å²) in [7, 11) is 1.70. The zero-order chi connectivity index (χ0) is 22.6. The summed E-state index contributed by atoms with van der Waals surface area (Å²) in [5.41, 5.74) is 7.65. The molecule has 2 saturated carbocycles. The SMILES string of the molecule is COc1ccc(Cn2nc3c(c2[C]2[CH][CH][CH][CH]2)CC(C)c2ccccc2-3)cc1.[CH]1[CH][CH][CH][CH]1.[Fe+2]. The number of aromatic nitrogens is 2. The van der Waals surface area contributed by atoms with Gasteiger partial charge in [-0.1, -0.05) is 43.3 Å². The van der Waals surface area contributed by atoms with Gasteiger partial charge in [-0.15, -0.1) is 0 Å². The molecule has 3 aliphatic rings. The van der Waals surface area contributed by atoms with Gasteiger partial charge in [0.05, 0.1) is 25.0 Å². The van der Waals surface area contributed by atoms with Gasteiger partial charge in [-0.3, -0.25) is 4.68 Å². The van der Waals surface area contributed by atoms with Crippen LogP contribution in [-0.4, -0.2) is 16.9 Å². The van der Waals surface area contributed by atoms with Crippen LogP contribution in [0.15, 0.2) is 48.5 Å². The van der Waals surface area contributed by atoms with Gasteiger partial charge in [0.2, 0.25) is 0 Å². The van der Waals surface area contributed by atoms with Crippen molar-refractivity contribution >= 4 is 0 Å². The molecule has 4 heteroatoms. The molecule has 1 atom stereocenters. The molecule has 0 amide bonds. The van der Waals surface area contributed by atoms with Crippen LogP contribution in [0.3, 0.4) is 0 Å². The normalized spacial score (nSPS) is 18.9. The molecule has 2 fully saturated rings.